The van der Waals surface area contributed by atoms with Crippen LogP contribution in [0.25, 0.3) is 0 Å². The average molecular weight is 286 g/mol. The second-order valence-electron chi connectivity index (χ2n) is 7.91. The van der Waals surface area contributed by atoms with E-state index in [2.05, 4.69) is 0 Å². The third kappa shape index (κ3) is 2.48. The minimum absolute atomic E-state index is 0.313. The monoisotopic (exact) mass is 286 g/mol. The van der Waals surface area contributed by atoms with Crippen molar-refractivity contribution in [2.45, 2.75) is 51.0 Å². The zero-order valence-electron chi connectivity index (χ0n) is 12.9. The van der Waals surface area contributed by atoms with E-state index in [4.69, 9.17) is 4.74 Å². The fourth-order valence-corrected chi connectivity index (χ4v) is 5.89. The van der Waals surface area contributed by atoms with Crippen LogP contribution >= 0.6 is 0 Å². The Morgan fingerprint density at radius 3 is 2.05 bits per heavy atom. The Labute approximate surface area is 127 Å². The standard InChI is InChI=1S/C19H26O2/c1-21-17-4-2-16(3-5-17)18(20)12-19-9-13-6-14(10-19)8-15(7-13)11-19/h2-5,13-15,18,20H,6-12H2,1H3. The molecule has 0 aliphatic heterocycles. The highest BCUT2D eigenvalue weighted by Crippen LogP contribution is 2.62. The van der Waals surface area contributed by atoms with Crippen molar-refractivity contribution in [3.63, 3.8) is 0 Å². The zero-order valence-corrected chi connectivity index (χ0v) is 12.9. The number of hydrogen-bond donors (Lipinski definition) is 1. The highest BCUT2D eigenvalue weighted by atomic mass is 16.5. The van der Waals surface area contributed by atoms with Gasteiger partial charge in [0.05, 0.1) is 13.2 Å². The predicted octanol–water partition coefficient (Wildman–Crippen LogP) is 4.34. The fraction of sp³-hybridized carbons (Fsp3) is 0.684. The third-order valence-corrected chi connectivity index (χ3v) is 6.29. The summed E-state index contributed by atoms with van der Waals surface area (Å²) < 4.78 is 5.20. The Morgan fingerprint density at radius 2 is 1.57 bits per heavy atom. The van der Waals surface area contributed by atoms with Gasteiger partial charge in [0.2, 0.25) is 0 Å². The van der Waals surface area contributed by atoms with E-state index in [0.717, 1.165) is 35.5 Å². The van der Waals surface area contributed by atoms with E-state index >= 15 is 0 Å². The first-order valence-corrected chi connectivity index (χ1v) is 8.48. The molecule has 4 bridgehead atoms. The van der Waals surface area contributed by atoms with Gasteiger partial charge in [-0.25, -0.2) is 0 Å². The molecule has 0 spiro atoms. The molecule has 2 heteroatoms. The van der Waals surface area contributed by atoms with Crippen molar-refractivity contribution >= 4 is 0 Å². The highest BCUT2D eigenvalue weighted by Gasteiger charge is 2.51. The van der Waals surface area contributed by atoms with E-state index in [1.54, 1.807) is 7.11 Å². The van der Waals surface area contributed by atoms with E-state index in [-0.39, 0.29) is 6.10 Å². The molecule has 1 aromatic carbocycles. The summed E-state index contributed by atoms with van der Waals surface area (Å²) in [6.07, 6.45) is 9.16. The first-order chi connectivity index (χ1) is 10.2. The Hall–Kier alpha value is -1.02. The smallest absolute Gasteiger partial charge is 0.118 e. The number of methoxy groups -OCH3 is 1. The van der Waals surface area contributed by atoms with Crippen LogP contribution in [-0.4, -0.2) is 12.2 Å². The number of ether oxygens (including phenoxy) is 1. The molecule has 5 rings (SSSR count). The molecule has 0 aromatic heterocycles. The molecule has 4 saturated carbocycles. The molecule has 0 amide bonds. The van der Waals surface area contributed by atoms with Crippen LogP contribution in [0.5, 0.6) is 5.75 Å². The van der Waals surface area contributed by atoms with E-state index in [1.165, 1.54) is 38.5 Å². The zero-order chi connectivity index (χ0) is 14.4. The minimum atomic E-state index is -0.313. The number of rotatable bonds is 4. The third-order valence-electron chi connectivity index (χ3n) is 6.29. The lowest BCUT2D eigenvalue weighted by atomic mass is 9.48. The van der Waals surface area contributed by atoms with Crippen LogP contribution in [0.3, 0.4) is 0 Å². The molecule has 4 fully saturated rings. The van der Waals surface area contributed by atoms with Crippen molar-refractivity contribution in [2.75, 3.05) is 7.11 Å². The van der Waals surface area contributed by atoms with Gasteiger partial charge in [0.1, 0.15) is 5.75 Å². The maximum absolute atomic E-state index is 10.7. The number of hydrogen-bond acceptors (Lipinski definition) is 2. The summed E-state index contributed by atoms with van der Waals surface area (Å²) in [5, 5.41) is 10.7. The van der Waals surface area contributed by atoms with Crippen LogP contribution in [0.2, 0.25) is 0 Å². The largest absolute Gasteiger partial charge is 0.497 e. The van der Waals surface area contributed by atoms with Crippen LogP contribution < -0.4 is 4.74 Å². The van der Waals surface area contributed by atoms with E-state index in [1.807, 2.05) is 24.3 Å². The molecule has 1 unspecified atom stereocenters. The van der Waals surface area contributed by atoms with Gasteiger partial charge in [-0.3, -0.25) is 0 Å². The van der Waals surface area contributed by atoms with Crippen LogP contribution in [0.4, 0.5) is 0 Å². The Morgan fingerprint density at radius 1 is 1.05 bits per heavy atom. The van der Waals surface area contributed by atoms with Gasteiger partial charge in [-0.2, -0.15) is 0 Å². The normalized spacial score (nSPS) is 38.5. The lowest BCUT2D eigenvalue weighted by Crippen LogP contribution is -2.46. The van der Waals surface area contributed by atoms with Crippen molar-refractivity contribution in [1.29, 1.82) is 0 Å². The van der Waals surface area contributed by atoms with E-state index in [9.17, 15) is 5.11 Å². The molecular weight excluding hydrogens is 260 g/mol. The van der Waals surface area contributed by atoms with Gasteiger partial charge in [-0.05, 0) is 85.8 Å². The van der Waals surface area contributed by atoms with Gasteiger partial charge in [0, 0.05) is 0 Å². The number of aliphatic hydroxyl groups is 1. The molecule has 1 atom stereocenters. The first kappa shape index (κ1) is 13.6. The fourth-order valence-electron chi connectivity index (χ4n) is 5.89. The molecule has 4 aliphatic rings. The quantitative estimate of drug-likeness (QED) is 0.892. The van der Waals surface area contributed by atoms with Crippen molar-refractivity contribution in [3.05, 3.63) is 29.8 Å². The molecule has 1 N–H and O–H groups in total. The van der Waals surface area contributed by atoms with Crippen LogP contribution in [0.15, 0.2) is 24.3 Å². The van der Waals surface area contributed by atoms with E-state index in [0.29, 0.717) is 5.41 Å². The highest BCUT2D eigenvalue weighted by molar-refractivity contribution is 5.28. The topological polar surface area (TPSA) is 29.5 Å². The average Bonchev–Trinajstić information content (AvgIpc) is 2.45. The van der Waals surface area contributed by atoms with Gasteiger partial charge in [0.15, 0.2) is 0 Å². The summed E-state index contributed by atoms with van der Waals surface area (Å²) in [6, 6.07) is 7.95. The molecule has 1 aromatic rings. The Kier molecular flexibility index (Phi) is 3.25. The van der Waals surface area contributed by atoms with Crippen LogP contribution in [0.1, 0.15) is 56.6 Å². The summed E-state index contributed by atoms with van der Waals surface area (Å²) in [5.41, 5.74) is 1.49. The van der Waals surface area contributed by atoms with Crippen molar-refractivity contribution in [2.24, 2.45) is 23.2 Å². The predicted molar refractivity (Wildman–Crippen MR) is 83.2 cm³/mol. The second kappa shape index (κ2) is 5.01. The molecule has 0 radical (unpaired) electrons. The van der Waals surface area contributed by atoms with Crippen molar-refractivity contribution < 1.29 is 9.84 Å². The van der Waals surface area contributed by atoms with Crippen LogP contribution in [-0.2, 0) is 0 Å². The van der Waals surface area contributed by atoms with Gasteiger partial charge in [0.25, 0.3) is 0 Å². The molecule has 0 saturated heterocycles. The minimum Gasteiger partial charge on any atom is -0.497 e. The van der Waals surface area contributed by atoms with Gasteiger partial charge < -0.3 is 9.84 Å². The Bertz CT molecular complexity index is 470. The van der Waals surface area contributed by atoms with Crippen molar-refractivity contribution in [3.8, 4) is 5.75 Å². The molecule has 114 valence electrons. The second-order valence-corrected chi connectivity index (χ2v) is 7.91. The first-order valence-electron chi connectivity index (χ1n) is 8.48. The lowest BCUT2D eigenvalue weighted by molar-refractivity contribution is -0.0764. The number of benzene rings is 1. The summed E-state index contributed by atoms with van der Waals surface area (Å²) in [7, 11) is 1.68. The van der Waals surface area contributed by atoms with Gasteiger partial charge in [-0.1, -0.05) is 12.1 Å². The van der Waals surface area contributed by atoms with Crippen LogP contribution in [0, 0.1) is 23.2 Å². The molecule has 21 heavy (non-hydrogen) atoms. The summed E-state index contributed by atoms with van der Waals surface area (Å²) >= 11 is 0. The molecule has 4 aliphatic carbocycles. The Balaban J connectivity index is 1.49. The number of aliphatic hydroxyl groups excluding tert-OH is 1. The molecule has 0 heterocycles. The molecule has 2 nitrogen and oxygen atoms in total. The lowest BCUT2D eigenvalue weighted by Gasteiger charge is -2.57. The van der Waals surface area contributed by atoms with Gasteiger partial charge in [-0.15, -0.1) is 0 Å². The SMILES string of the molecule is COc1ccc(C(O)CC23CC4CC(CC(C4)C2)C3)cc1. The van der Waals surface area contributed by atoms with Gasteiger partial charge >= 0.3 is 0 Å². The van der Waals surface area contributed by atoms with E-state index < -0.39 is 0 Å². The van der Waals surface area contributed by atoms with Crippen molar-refractivity contribution in [1.82, 2.24) is 0 Å². The summed E-state index contributed by atoms with van der Waals surface area (Å²) in [4.78, 5) is 0. The maximum atomic E-state index is 10.7. The summed E-state index contributed by atoms with van der Waals surface area (Å²) in [5.74, 6) is 3.73. The maximum Gasteiger partial charge on any atom is 0.118 e. The summed E-state index contributed by atoms with van der Waals surface area (Å²) in [6.45, 7) is 0. The molecular formula is C19H26O2.